The first-order valence-electron chi connectivity index (χ1n) is 7.04. The topological polar surface area (TPSA) is 45.2 Å². The zero-order chi connectivity index (χ0) is 15.5. The average Bonchev–Trinajstić information content (AvgIpc) is 2.55. The van der Waals surface area contributed by atoms with Crippen LogP contribution >= 0.6 is 48.0 Å². The number of pyridine rings is 1. The smallest absolute Gasteiger partial charge is 0.256 e. The molecule has 0 aliphatic carbocycles. The Morgan fingerprint density at radius 3 is 2.62 bits per heavy atom. The van der Waals surface area contributed by atoms with Crippen LogP contribution in [0.15, 0.2) is 42.7 Å². The van der Waals surface area contributed by atoms with E-state index in [2.05, 4.69) is 10.3 Å². The van der Waals surface area contributed by atoms with Crippen LogP contribution in [-0.2, 0) is 0 Å². The van der Waals surface area contributed by atoms with E-state index in [0.29, 0.717) is 28.7 Å². The molecule has 130 valence electrons. The lowest BCUT2D eigenvalue weighted by Crippen LogP contribution is -2.48. The van der Waals surface area contributed by atoms with Gasteiger partial charge >= 0.3 is 0 Å². The van der Waals surface area contributed by atoms with E-state index in [-0.39, 0.29) is 36.8 Å². The van der Waals surface area contributed by atoms with Crippen LogP contribution in [0.25, 0.3) is 0 Å². The van der Waals surface area contributed by atoms with E-state index in [1.807, 2.05) is 29.2 Å². The number of nitrogens with zero attached hydrogens (tertiary/aromatic N) is 2. The van der Waals surface area contributed by atoms with Gasteiger partial charge in [0.2, 0.25) is 0 Å². The van der Waals surface area contributed by atoms with E-state index < -0.39 is 0 Å². The number of carbonyl (C=O) groups is 1. The van der Waals surface area contributed by atoms with Gasteiger partial charge in [-0.3, -0.25) is 9.78 Å². The third kappa shape index (κ3) is 4.32. The van der Waals surface area contributed by atoms with Crippen molar-refractivity contribution in [2.24, 2.45) is 0 Å². The molecule has 0 bridgehead atoms. The number of rotatable bonds is 2. The SMILES string of the molecule is Cl.Cl.O=C(c1ccncc1Cl)N1CCNCC1c1ccccc1Cl. The van der Waals surface area contributed by atoms with Crippen LogP contribution < -0.4 is 5.32 Å². The summed E-state index contributed by atoms with van der Waals surface area (Å²) in [4.78, 5) is 18.6. The molecular formula is C16H17Cl4N3O. The van der Waals surface area contributed by atoms with Crippen LogP contribution in [0.2, 0.25) is 10.0 Å². The number of nitrogens with one attached hydrogen (secondary N) is 1. The van der Waals surface area contributed by atoms with Crippen molar-refractivity contribution in [3.63, 3.8) is 0 Å². The Balaban J connectivity index is 0.00000144. The molecule has 1 saturated heterocycles. The first kappa shape index (κ1) is 21.0. The highest BCUT2D eigenvalue weighted by Crippen LogP contribution is 2.30. The molecule has 8 heteroatoms. The van der Waals surface area contributed by atoms with E-state index >= 15 is 0 Å². The summed E-state index contributed by atoms with van der Waals surface area (Å²) in [5.74, 6) is -0.0983. The fraction of sp³-hybridized carbons (Fsp3) is 0.250. The lowest BCUT2D eigenvalue weighted by molar-refractivity contribution is 0.0634. The van der Waals surface area contributed by atoms with E-state index in [0.717, 1.165) is 12.1 Å². The highest BCUT2D eigenvalue weighted by atomic mass is 35.5. The summed E-state index contributed by atoms with van der Waals surface area (Å²) < 4.78 is 0. The monoisotopic (exact) mass is 407 g/mol. The molecule has 1 aromatic carbocycles. The van der Waals surface area contributed by atoms with Crippen molar-refractivity contribution >= 4 is 53.9 Å². The number of benzene rings is 1. The Labute approximate surface area is 163 Å². The van der Waals surface area contributed by atoms with E-state index in [1.54, 1.807) is 12.3 Å². The summed E-state index contributed by atoms with van der Waals surface area (Å²) in [7, 11) is 0. The van der Waals surface area contributed by atoms with Crippen molar-refractivity contribution in [1.82, 2.24) is 15.2 Å². The Bertz CT molecular complexity index is 699. The van der Waals surface area contributed by atoms with Crippen molar-refractivity contribution in [2.45, 2.75) is 6.04 Å². The first-order chi connectivity index (χ1) is 10.7. The van der Waals surface area contributed by atoms with Gasteiger partial charge in [0.05, 0.1) is 16.6 Å². The molecule has 4 nitrogen and oxygen atoms in total. The number of amides is 1. The van der Waals surface area contributed by atoms with Crippen LogP contribution in [0.4, 0.5) is 0 Å². The molecule has 2 heterocycles. The molecule has 1 amide bonds. The van der Waals surface area contributed by atoms with Gasteiger partial charge in [-0.15, -0.1) is 24.8 Å². The van der Waals surface area contributed by atoms with Gasteiger partial charge in [-0.05, 0) is 17.7 Å². The van der Waals surface area contributed by atoms with Crippen LogP contribution in [0.1, 0.15) is 22.0 Å². The molecule has 3 rings (SSSR count). The van der Waals surface area contributed by atoms with Crippen LogP contribution in [-0.4, -0.2) is 35.4 Å². The molecular weight excluding hydrogens is 392 g/mol. The zero-order valence-corrected chi connectivity index (χ0v) is 15.8. The third-order valence-electron chi connectivity index (χ3n) is 3.77. The number of hydrogen-bond acceptors (Lipinski definition) is 3. The molecule has 1 fully saturated rings. The summed E-state index contributed by atoms with van der Waals surface area (Å²) in [5.41, 5.74) is 1.41. The summed E-state index contributed by atoms with van der Waals surface area (Å²) in [5, 5.41) is 4.34. The molecule has 1 unspecified atom stereocenters. The van der Waals surface area contributed by atoms with Crippen molar-refractivity contribution < 1.29 is 4.79 Å². The van der Waals surface area contributed by atoms with Gasteiger partial charge < -0.3 is 10.2 Å². The second-order valence-electron chi connectivity index (χ2n) is 5.10. The fourth-order valence-electron chi connectivity index (χ4n) is 2.67. The Kier molecular flexibility index (Phi) is 8.27. The highest BCUT2D eigenvalue weighted by Gasteiger charge is 2.30. The Morgan fingerprint density at radius 1 is 1.17 bits per heavy atom. The van der Waals surface area contributed by atoms with Gasteiger partial charge in [-0.2, -0.15) is 0 Å². The van der Waals surface area contributed by atoms with Gasteiger partial charge in [0.25, 0.3) is 5.91 Å². The Morgan fingerprint density at radius 2 is 1.92 bits per heavy atom. The van der Waals surface area contributed by atoms with Crippen LogP contribution in [0.3, 0.4) is 0 Å². The quantitative estimate of drug-likeness (QED) is 0.816. The Hall–Kier alpha value is -1.04. The van der Waals surface area contributed by atoms with Gasteiger partial charge in [0.15, 0.2) is 0 Å². The van der Waals surface area contributed by atoms with Crippen molar-refractivity contribution in [3.05, 3.63) is 63.9 Å². The van der Waals surface area contributed by atoms with Gasteiger partial charge in [0, 0.05) is 37.1 Å². The summed E-state index contributed by atoms with van der Waals surface area (Å²) in [6.07, 6.45) is 3.06. The summed E-state index contributed by atoms with van der Waals surface area (Å²) in [6, 6.07) is 9.14. The van der Waals surface area contributed by atoms with Crippen LogP contribution in [0, 0.1) is 0 Å². The molecule has 1 aromatic heterocycles. The first-order valence-corrected chi connectivity index (χ1v) is 7.79. The molecule has 1 aliphatic heterocycles. The predicted molar refractivity (Wildman–Crippen MR) is 102 cm³/mol. The lowest BCUT2D eigenvalue weighted by atomic mass is 10.0. The molecule has 24 heavy (non-hydrogen) atoms. The molecule has 2 aromatic rings. The van der Waals surface area contributed by atoms with Gasteiger partial charge in [-0.25, -0.2) is 0 Å². The molecule has 0 saturated carbocycles. The summed E-state index contributed by atoms with van der Waals surface area (Å²) >= 11 is 12.4. The molecule has 0 radical (unpaired) electrons. The maximum atomic E-state index is 12.9. The number of halogens is 4. The molecule has 1 atom stereocenters. The third-order valence-corrected chi connectivity index (χ3v) is 4.42. The maximum absolute atomic E-state index is 12.9. The minimum absolute atomic E-state index is 0. The van der Waals surface area contributed by atoms with E-state index in [1.165, 1.54) is 6.20 Å². The van der Waals surface area contributed by atoms with Gasteiger partial charge in [-0.1, -0.05) is 41.4 Å². The highest BCUT2D eigenvalue weighted by molar-refractivity contribution is 6.33. The number of carbonyl (C=O) groups excluding carboxylic acids is 1. The van der Waals surface area contributed by atoms with Crippen molar-refractivity contribution in [1.29, 1.82) is 0 Å². The standard InChI is InChI=1S/C16H15Cl2N3O.2ClH/c17-13-4-2-1-3-11(13)15-10-20-7-8-21(15)16(22)12-5-6-19-9-14(12)18;;/h1-6,9,15,20H,7-8,10H2;2*1H. The molecule has 1 aliphatic rings. The molecule has 1 N–H and O–H groups in total. The minimum atomic E-state index is -0.112. The average molecular weight is 409 g/mol. The minimum Gasteiger partial charge on any atom is -0.329 e. The normalized spacial score (nSPS) is 16.8. The van der Waals surface area contributed by atoms with Crippen molar-refractivity contribution in [2.75, 3.05) is 19.6 Å². The second kappa shape index (κ2) is 9.44. The molecule has 0 spiro atoms. The lowest BCUT2D eigenvalue weighted by Gasteiger charge is -2.37. The number of aromatic nitrogens is 1. The van der Waals surface area contributed by atoms with E-state index in [9.17, 15) is 4.79 Å². The number of piperazine rings is 1. The zero-order valence-electron chi connectivity index (χ0n) is 12.6. The maximum Gasteiger partial charge on any atom is 0.256 e. The van der Waals surface area contributed by atoms with E-state index in [4.69, 9.17) is 23.2 Å². The largest absolute Gasteiger partial charge is 0.329 e. The van der Waals surface area contributed by atoms with Gasteiger partial charge in [0.1, 0.15) is 0 Å². The second-order valence-corrected chi connectivity index (χ2v) is 5.91. The fourth-order valence-corrected chi connectivity index (χ4v) is 3.14. The summed E-state index contributed by atoms with van der Waals surface area (Å²) in [6.45, 7) is 2.01. The van der Waals surface area contributed by atoms with Crippen LogP contribution in [0.5, 0.6) is 0 Å². The predicted octanol–water partition coefficient (Wildman–Crippen LogP) is 4.02. The van der Waals surface area contributed by atoms with Crippen molar-refractivity contribution in [3.8, 4) is 0 Å². The number of hydrogen-bond donors (Lipinski definition) is 1.